The normalized spacial score (nSPS) is 13.8. The summed E-state index contributed by atoms with van der Waals surface area (Å²) in [6.07, 6.45) is 0.749. The highest BCUT2D eigenvalue weighted by Crippen LogP contribution is 2.34. The maximum absolute atomic E-state index is 12.7. The van der Waals surface area contributed by atoms with E-state index in [9.17, 15) is 9.59 Å². The van der Waals surface area contributed by atoms with Gasteiger partial charge in [0.15, 0.2) is 0 Å². The van der Waals surface area contributed by atoms with E-state index in [1.54, 1.807) is 7.11 Å². The molecule has 0 aromatic heterocycles. The lowest BCUT2D eigenvalue weighted by Crippen LogP contribution is -2.39. The first-order chi connectivity index (χ1) is 11.7. The van der Waals surface area contributed by atoms with Gasteiger partial charge in [-0.2, -0.15) is 0 Å². The van der Waals surface area contributed by atoms with E-state index in [0.29, 0.717) is 36.4 Å². The van der Waals surface area contributed by atoms with Gasteiger partial charge in [0.05, 0.1) is 26.3 Å². The van der Waals surface area contributed by atoms with Crippen LogP contribution in [0.4, 0.5) is 4.79 Å². The van der Waals surface area contributed by atoms with Crippen LogP contribution < -0.4 is 4.74 Å². The predicted molar refractivity (Wildman–Crippen MR) is 93.0 cm³/mol. The second kappa shape index (κ2) is 7.59. The monoisotopic (exact) mass is 347 g/mol. The van der Waals surface area contributed by atoms with Crippen molar-refractivity contribution in [1.82, 2.24) is 4.90 Å². The SMILES string of the molecule is COC(=O)C1=C(N(Cc2cccc(OC)c2)C(=O)OC(C)(C)C)CC1. The van der Waals surface area contributed by atoms with E-state index < -0.39 is 17.7 Å². The Morgan fingerprint density at radius 1 is 1.16 bits per heavy atom. The Morgan fingerprint density at radius 2 is 1.88 bits per heavy atom. The first-order valence-corrected chi connectivity index (χ1v) is 8.19. The van der Waals surface area contributed by atoms with E-state index >= 15 is 0 Å². The standard InChI is InChI=1S/C19H25NO5/c1-19(2,3)25-18(22)20(16-10-9-15(16)17(21)24-5)12-13-7-6-8-14(11-13)23-4/h6-8,11H,9-10,12H2,1-5H3. The zero-order chi connectivity index (χ0) is 18.6. The quantitative estimate of drug-likeness (QED) is 0.761. The Hall–Kier alpha value is -2.50. The molecule has 0 saturated heterocycles. The molecule has 25 heavy (non-hydrogen) atoms. The number of carbonyl (C=O) groups excluding carboxylic acids is 2. The number of hydrogen-bond donors (Lipinski definition) is 0. The Morgan fingerprint density at radius 3 is 2.40 bits per heavy atom. The van der Waals surface area contributed by atoms with Crippen LogP contribution in [-0.2, 0) is 20.8 Å². The minimum atomic E-state index is -0.626. The fraction of sp³-hybridized carbons (Fsp3) is 0.474. The van der Waals surface area contributed by atoms with Crippen LogP contribution in [-0.4, -0.2) is 36.8 Å². The zero-order valence-electron chi connectivity index (χ0n) is 15.4. The summed E-state index contributed by atoms with van der Waals surface area (Å²) in [4.78, 5) is 26.1. The molecule has 0 atom stereocenters. The Balaban J connectivity index is 2.32. The third kappa shape index (κ3) is 4.75. The average Bonchev–Trinajstić information content (AvgIpc) is 2.51. The molecule has 136 valence electrons. The van der Waals surface area contributed by atoms with Crippen LogP contribution in [0.15, 0.2) is 35.5 Å². The second-order valence-electron chi connectivity index (χ2n) is 6.83. The number of rotatable bonds is 5. The lowest BCUT2D eigenvalue weighted by atomic mass is 9.93. The summed E-state index contributed by atoms with van der Waals surface area (Å²) in [6, 6.07) is 7.45. The van der Waals surface area contributed by atoms with Crippen LogP contribution in [0.25, 0.3) is 0 Å². The number of allylic oxidation sites excluding steroid dienone is 1. The number of ether oxygens (including phenoxy) is 3. The lowest BCUT2D eigenvalue weighted by molar-refractivity contribution is -0.136. The maximum Gasteiger partial charge on any atom is 0.414 e. The summed E-state index contributed by atoms with van der Waals surface area (Å²) in [7, 11) is 2.93. The Kier molecular flexibility index (Phi) is 5.72. The summed E-state index contributed by atoms with van der Waals surface area (Å²) in [5.41, 5.74) is 1.44. The van der Waals surface area contributed by atoms with Gasteiger partial charge in [0.2, 0.25) is 0 Å². The summed E-state index contributed by atoms with van der Waals surface area (Å²) in [5, 5.41) is 0. The molecule has 1 amide bonds. The largest absolute Gasteiger partial charge is 0.497 e. The van der Waals surface area contributed by atoms with E-state index in [0.717, 1.165) is 5.56 Å². The molecule has 0 saturated carbocycles. The van der Waals surface area contributed by atoms with Gasteiger partial charge in [-0.05, 0) is 51.3 Å². The molecule has 1 aromatic carbocycles. The average molecular weight is 347 g/mol. The van der Waals surface area contributed by atoms with E-state index in [2.05, 4.69) is 0 Å². The van der Waals surface area contributed by atoms with Gasteiger partial charge in [-0.1, -0.05) is 12.1 Å². The number of hydrogen-bond acceptors (Lipinski definition) is 5. The van der Waals surface area contributed by atoms with Crippen molar-refractivity contribution in [3.05, 3.63) is 41.1 Å². The summed E-state index contributed by atoms with van der Waals surface area (Å²) in [6.45, 7) is 5.73. The molecule has 0 unspecified atom stereocenters. The van der Waals surface area contributed by atoms with Gasteiger partial charge in [-0.15, -0.1) is 0 Å². The highest BCUT2D eigenvalue weighted by Gasteiger charge is 2.34. The second-order valence-corrected chi connectivity index (χ2v) is 6.83. The molecule has 0 aliphatic heterocycles. The lowest BCUT2D eigenvalue weighted by Gasteiger charge is -2.34. The maximum atomic E-state index is 12.7. The molecule has 0 fully saturated rings. The van der Waals surface area contributed by atoms with Gasteiger partial charge < -0.3 is 14.2 Å². The van der Waals surface area contributed by atoms with Gasteiger partial charge in [0, 0.05) is 5.70 Å². The molecule has 0 bridgehead atoms. The minimum Gasteiger partial charge on any atom is -0.497 e. The number of carbonyl (C=O) groups is 2. The van der Waals surface area contributed by atoms with Crippen molar-refractivity contribution in [2.45, 2.75) is 45.8 Å². The topological polar surface area (TPSA) is 65.1 Å². The number of amides is 1. The molecule has 2 rings (SSSR count). The molecule has 0 heterocycles. The van der Waals surface area contributed by atoms with Crippen molar-refractivity contribution in [2.24, 2.45) is 0 Å². The van der Waals surface area contributed by atoms with E-state index in [-0.39, 0.29) is 0 Å². The van der Waals surface area contributed by atoms with Crippen molar-refractivity contribution >= 4 is 12.1 Å². The summed E-state index contributed by atoms with van der Waals surface area (Å²) < 4.78 is 15.6. The third-order valence-corrected chi connectivity index (χ3v) is 3.81. The van der Waals surface area contributed by atoms with E-state index in [1.165, 1.54) is 12.0 Å². The van der Waals surface area contributed by atoms with Crippen molar-refractivity contribution in [1.29, 1.82) is 0 Å². The Bertz CT molecular complexity index is 687. The fourth-order valence-electron chi connectivity index (χ4n) is 2.54. The molecule has 0 radical (unpaired) electrons. The first-order valence-electron chi connectivity index (χ1n) is 8.19. The van der Waals surface area contributed by atoms with E-state index in [1.807, 2.05) is 45.0 Å². The summed E-state index contributed by atoms with van der Waals surface area (Å²) >= 11 is 0. The Labute approximate surface area is 148 Å². The van der Waals surface area contributed by atoms with Gasteiger partial charge in [-0.3, -0.25) is 4.90 Å². The number of nitrogens with zero attached hydrogens (tertiary/aromatic N) is 1. The van der Waals surface area contributed by atoms with Crippen molar-refractivity contribution in [2.75, 3.05) is 14.2 Å². The van der Waals surface area contributed by atoms with Gasteiger partial charge in [-0.25, -0.2) is 9.59 Å². The zero-order valence-corrected chi connectivity index (χ0v) is 15.4. The van der Waals surface area contributed by atoms with Gasteiger partial charge in [0.25, 0.3) is 0 Å². The first kappa shape index (κ1) is 18.8. The van der Waals surface area contributed by atoms with Crippen molar-refractivity contribution < 1.29 is 23.8 Å². The fourth-order valence-corrected chi connectivity index (χ4v) is 2.54. The highest BCUT2D eigenvalue weighted by atomic mass is 16.6. The smallest absolute Gasteiger partial charge is 0.414 e. The van der Waals surface area contributed by atoms with Crippen LogP contribution >= 0.6 is 0 Å². The molecular weight excluding hydrogens is 322 g/mol. The van der Waals surface area contributed by atoms with Crippen LogP contribution in [0.2, 0.25) is 0 Å². The molecule has 6 nitrogen and oxygen atoms in total. The van der Waals surface area contributed by atoms with Crippen molar-refractivity contribution in [3.8, 4) is 5.75 Å². The molecule has 6 heteroatoms. The molecule has 0 N–H and O–H groups in total. The molecule has 0 spiro atoms. The molecule has 1 aliphatic rings. The van der Waals surface area contributed by atoms with Crippen molar-refractivity contribution in [3.63, 3.8) is 0 Å². The molecule has 1 aromatic rings. The van der Waals surface area contributed by atoms with Crippen LogP contribution in [0.1, 0.15) is 39.2 Å². The number of methoxy groups -OCH3 is 2. The molecular formula is C19H25NO5. The number of benzene rings is 1. The van der Waals surface area contributed by atoms with Crippen LogP contribution in [0.3, 0.4) is 0 Å². The van der Waals surface area contributed by atoms with Gasteiger partial charge >= 0.3 is 12.1 Å². The predicted octanol–water partition coefficient (Wildman–Crippen LogP) is 3.65. The minimum absolute atomic E-state index is 0.294. The van der Waals surface area contributed by atoms with Crippen LogP contribution in [0, 0.1) is 0 Å². The summed E-state index contributed by atoms with van der Waals surface area (Å²) in [5.74, 6) is 0.304. The number of esters is 1. The highest BCUT2D eigenvalue weighted by molar-refractivity contribution is 5.92. The third-order valence-electron chi connectivity index (χ3n) is 3.81. The van der Waals surface area contributed by atoms with Gasteiger partial charge in [0.1, 0.15) is 11.4 Å². The van der Waals surface area contributed by atoms with E-state index in [4.69, 9.17) is 14.2 Å². The van der Waals surface area contributed by atoms with Crippen LogP contribution in [0.5, 0.6) is 5.75 Å². The molecule has 1 aliphatic carbocycles.